The van der Waals surface area contributed by atoms with Crippen molar-refractivity contribution in [1.29, 1.82) is 0 Å². The predicted molar refractivity (Wildman–Crippen MR) is 137 cm³/mol. The summed E-state index contributed by atoms with van der Waals surface area (Å²) in [6.45, 7) is 5.69. The van der Waals surface area contributed by atoms with Crippen LogP contribution in [0, 0.1) is 5.92 Å². The highest BCUT2D eigenvalue weighted by Gasteiger charge is 2.30. The number of nitrogens with one attached hydrogen (secondary N) is 1. The van der Waals surface area contributed by atoms with E-state index in [4.69, 9.17) is 14.5 Å². The van der Waals surface area contributed by atoms with Crippen LogP contribution in [0.3, 0.4) is 0 Å². The van der Waals surface area contributed by atoms with E-state index in [2.05, 4.69) is 10.3 Å². The molecule has 2 aromatic heterocycles. The minimum Gasteiger partial charge on any atom is -0.468 e. The molecule has 0 unspecified atom stereocenters. The standard InChI is InChI=1S/C27H36F3N3O3S/c1-26(2,3)21-14-18(15-22(33-21)36-16-27(28,29)30)23-20(13-17-7-5-4-6-8-17)32-25(37-23)24(34)31-19-9-11-35-12-10-19/h14-15,17,19H,4-13,16H2,1-3H3,(H,31,34). The number of pyridine rings is 1. The molecule has 0 spiro atoms. The number of hydrogen-bond acceptors (Lipinski definition) is 6. The topological polar surface area (TPSA) is 73.3 Å². The number of ether oxygens (including phenoxy) is 2. The molecule has 0 atom stereocenters. The number of carbonyl (C=O) groups excluding carboxylic acids is 1. The molecule has 1 saturated heterocycles. The SMILES string of the molecule is CC(C)(C)c1cc(-c2sc(C(=O)NC3CCOCC3)nc2CC2CCCCC2)cc(OCC(F)(F)F)n1. The zero-order valence-electron chi connectivity index (χ0n) is 21.7. The van der Waals surface area contributed by atoms with E-state index in [1.807, 2.05) is 26.8 Å². The Morgan fingerprint density at radius 1 is 1.08 bits per heavy atom. The summed E-state index contributed by atoms with van der Waals surface area (Å²) in [6.07, 6.45) is 3.62. The van der Waals surface area contributed by atoms with Gasteiger partial charge < -0.3 is 14.8 Å². The highest BCUT2D eigenvalue weighted by Crippen LogP contribution is 2.38. The van der Waals surface area contributed by atoms with Crippen LogP contribution in [0.15, 0.2) is 12.1 Å². The predicted octanol–water partition coefficient (Wildman–Crippen LogP) is 6.48. The van der Waals surface area contributed by atoms with Crippen molar-refractivity contribution in [3.8, 4) is 16.3 Å². The van der Waals surface area contributed by atoms with Gasteiger partial charge in [0.1, 0.15) is 0 Å². The first-order valence-corrected chi connectivity index (χ1v) is 13.9. The van der Waals surface area contributed by atoms with Crippen LogP contribution in [0.25, 0.3) is 10.4 Å². The van der Waals surface area contributed by atoms with Gasteiger partial charge in [-0.1, -0.05) is 52.9 Å². The highest BCUT2D eigenvalue weighted by atomic mass is 32.1. The third-order valence-electron chi connectivity index (χ3n) is 6.87. The van der Waals surface area contributed by atoms with E-state index in [0.29, 0.717) is 35.4 Å². The molecule has 4 rings (SSSR count). The maximum absolute atomic E-state index is 13.1. The fourth-order valence-electron chi connectivity index (χ4n) is 4.82. The molecule has 3 heterocycles. The van der Waals surface area contributed by atoms with Crippen molar-refractivity contribution in [1.82, 2.24) is 15.3 Å². The Morgan fingerprint density at radius 3 is 2.43 bits per heavy atom. The van der Waals surface area contributed by atoms with Gasteiger partial charge in [0.2, 0.25) is 5.88 Å². The molecule has 1 saturated carbocycles. The van der Waals surface area contributed by atoms with Crippen LogP contribution in [0.2, 0.25) is 0 Å². The number of aromatic nitrogens is 2. The number of alkyl halides is 3. The van der Waals surface area contributed by atoms with Crippen molar-refractivity contribution in [3.63, 3.8) is 0 Å². The Bertz CT molecular complexity index is 1070. The number of nitrogens with zero attached hydrogens (tertiary/aromatic N) is 2. The van der Waals surface area contributed by atoms with Gasteiger partial charge in [0.05, 0.1) is 16.3 Å². The summed E-state index contributed by atoms with van der Waals surface area (Å²) < 4.78 is 49.1. The zero-order chi connectivity index (χ0) is 26.6. The first-order valence-electron chi connectivity index (χ1n) is 13.1. The van der Waals surface area contributed by atoms with Crippen LogP contribution in [0.1, 0.15) is 86.9 Å². The summed E-state index contributed by atoms with van der Waals surface area (Å²) in [5.41, 5.74) is 1.71. The quantitative estimate of drug-likeness (QED) is 0.436. The largest absolute Gasteiger partial charge is 0.468 e. The zero-order valence-corrected chi connectivity index (χ0v) is 22.6. The van der Waals surface area contributed by atoms with Crippen molar-refractivity contribution >= 4 is 17.2 Å². The van der Waals surface area contributed by atoms with Crippen molar-refractivity contribution in [2.24, 2.45) is 5.92 Å². The average molecular weight is 540 g/mol. The lowest BCUT2D eigenvalue weighted by atomic mass is 9.85. The minimum absolute atomic E-state index is 0.0474. The second-order valence-corrected chi connectivity index (χ2v) is 12.1. The minimum atomic E-state index is -4.47. The molecule has 204 valence electrons. The van der Waals surface area contributed by atoms with E-state index < -0.39 is 18.2 Å². The van der Waals surface area contributed by atoms with Crippen LogP contribution >= 0.6 is 11.3 Å². The molecule has 1 amide bonds. The second kappa shape index (κ2) is 11.7. The molecule has 10 heteroatoms. The first kappa shape index (κ1) is 27.8. The molecule has 1 aliphatic heterocycles. The summed E-state index contributed by atoms with van der Waals surface area (Å²) in [6, 6.07) is 3.48. The Labute approximate surface area is 220 Å². The highest BCUT2D eigenvalue weighted by molar-refractivity contribution is 7.17. The van der Waals surface area contributed by atoms with E-state index in [-0.39, 0.29) is 17.8 Å². The van der Waals surface area contributed by atoms with Crippen LogP contribution < -0.4 is 10.1 Å². The molecule has 6 nitrogen and oxygen atoms in total. The fourth-order valence-corrected chi connectivity index (χ4v) is 5.80. The number of amides is 1. The Morgan fingerprint density at radius 2 is 1.78 bits per heavy atom. The van der Waals surface area contributed by atoms with Gasteiger partial charge in [-0.2, -0.15) is 13.2 Å². The van der Waals surface area contributed by atoms with E-state index in [9.17, 15) is 18.0 Å². The third-order valence-corrected chi connectivity index (χ3v) is 8.02. The number of rotatable bonds is 7. The lowest BCUT2D eigenvalue weighted by Gasteiger charge is -2.22. The molecule has 37 heavy (non-hydrogen) atoms. The first-order chi connectivity index (χ1) is 17.5. The van der Waals surface area contributed by atoms with Crippen LogP contribution in [0.4, 0.5) is 13.2 Å². The lowest BCUT2D eigenvalue weighted by Crippen LogP contribution is -2.38. The number of carbonyl (C=O) groups is 1. The Hall–Kier alpha value is -2.20. The van der Waals surface area contributed by atoms with Gasteiger partial charge in [-0.15, -0.1) is 11.3 Å². The maximum atomic E-state index is 13.1. The van der Waals surface area contributed by atoms with E-state index in [1.54, 1.807) is 6.07 Å². The molecule has 1 aliphatic carbocycles. The van der Waals surface area contributed by atoms with Crippen LogP contribution in [0.5, 0.6) is 5.88 Å². The van der Waals surface area contributed by atoms with E-state index in [0.717, 1.165) is 42.7 Å². The Balaban J connectivity index is 1.69. The van der Waals surface area contributed by atoms with E-state index >= 15 is 0 Å². The van der Waals surface area contributed by atoms with Crippen LogP contribution in [-0.2, 0) is 16.6 Å². The summed E-state index contributed by atoms with van der Waals surface area (Å²) in [7, 11) is 0. The molecule has 2 fully saturated rings. The summed E-state index contributed by atoms with van der Waals surface area (Å²) >= 11 is 1.29. The van der Waals surface area contributed by atoms with Gasteiger partial charge >= 0.3 is 6.18 Å². The van der Waals surface area contributed by atoms with Gasteiger partial charge in [-0.3, -0.25) is 4.79 Å². The number of hydrogen-bond donors (Lipinski definition) is 1. The lowest BCUT2D eigenvalue weighted by molar-refractivity contribution is -0.154. The normalized spacial score (nSPS) is 18.1. The average Bonchev–Trinajstić information content (AvgIpc) is 3.27. The molecular formula is C27H36F3N3O3S. The molecule has 0 radical (unpaired) electrons. The van der Waals surface area contributed by atoms with E-state index in [1.165, 1.54) is 30.6 Å². The monoisotopic (exact) mass is 539 g/mol. The maximum Gasteiger partial charge on any atom is 0.422 e. The van der Waals surface area contributed by atoms with Gasteiger partial charge in [0.15, 0.2) is 11.6 Å². The number of halogens is 3. The fraction of sp³-hybridized carbons (Fsp3) is 0.667. The Kier molecular flexibility index (Phi) is 8.78. The summed E-state index contributed by atoms with van der Waals surface area (Å²) in [5.74, 6) is 0.183. The van der Waals surface area contributed by atoms with Gasteiger partial charge in [0, 0.05) is 36.3 Å². The molecule has 2 aliphatic rings. The smallest absolute Gasteiger partial charge is 0.422 e. The van der Waals surface area contributed by atoms with Crippen molar-refractivity contribution in [2.75, 3.05) is 19.8 Å². The van der Waals surface area contributed by atoms with Gasteiger partial charge in [0.25, 0.3) is 5.91 Å². The molecule has 0 aromatic carbocycles. The van der Waals surface area contributed by atoms with Crippen molar-refractivity contribution in [2.45, 2.75) is 89.8 Å². The van der Waals surface area contributed by atoms with Crippen molar-refractivity contribution < 1.29 is 27.4 Å². The molecule has 1 N–H and O–H groups in total. The number of thiazole rings is 1. The van der Waals surface area contributed by atoms with Gasteiger partial charge in [-0.25, -0.2) is 9.97 Å². The molecule has 0 bridgehead atoms. The summed E-state index contributed by atoms with van der Waals surface area (Å²) in [5, 5.41) is 3.46. The van der Waals surface area contributed by atoms with Crippen LogP contribution in [-0.4, -0.2) is 47.9 Å². The molecule has 2 aromatic rings. The summed E-state index contributed by atoms with van der Waals surface area (Å²) in [4.78, 5) is 23.1. The van der Waals surface area contributed by atoms with Gasteiger partial charge in [-0.05, 0) is 31.2 Å². The second-order valence-electron chi connectivity index (χ2n) is 11.1. The third kappa shape index (κ3) is 7.89. The molecular weight excluding hydrogens is 503 g/mol. The van der Waals surface area contributed by atoms with Crippen molar-refractivity contribution in [3.05, 3.63) is 28.5 Å².